The molecule has 12 heavy (non-hydrogen) atoms. The van der Waals surface area contributed by atoms with E-state index in [1.54, 1.807) is 0 Å². The monoisotopic (exact) mass is 205 g/mol. The lowest BCUT2D eigenvalue weighted by atomic mass is 11.0. The largest absolute Gasteiger partial charge is 0.465 e. The lowest BCUT2D eigenvalue weighted by Gasteiger charge is -1.89. The van der Waals surface area contributed by atoms with E-state index in [0.29, 0.717) is 10.3 Å². The van der Waals surface area contributed by atoms with Crippen LogP contribution in [0.3, 0.4) is 0 Å². The highest BCUT2D eigenvalue weighted by Crippen LogP contribution is 2.19. The molecule has 0 unspecified atom stereocenters. The molecule has 1 aromatic rings. The van der Waals surface area contributed by atoms with Gasteiger partial charge in [0, 0.05) is 11.5 Å². The van der Waals surface area contributed by atoms with Gasteiger partial charge in [0.05, 0.1) is 0 Å². The molecule has 0 spiro atoms. The SMILES string of the molecule is CCSc1nsc(NC(=O)O)n1. The van der Waals surface area contributed by atoms with Crippen molar-refractivity contribution in [3.05, 3.63) is 0 Å². The lowest BCUT2D eigenvalue weighted by molar-refractivity contribution is 0.209. The number of thioether (sulfide) groups is 1. The molecule has 1 heterocycles. The second-order valence-corrected chi connectivity index (χ2v) is 3.73. The normalized spacial score (nSPS) is 9.75. The van der Waals surface area contributed by atoms with Crippen LogP contribution in [0, 0.1) is 0 Å². The van der Waals surface area contributed by atoms with Crippen LogP contribution in [0.1, 0.15) is 6.92 Å². The number of nitrogens with zero attached hydrogens (tertiary/aromatic N) is 2. The molecule has 0 saturated heterocycles. The zero-order valence-electron chi connectivity index (χ0n) is 6.27. The fourth-order valence-corrected chi connectivity index (χ4v) is 1.80. The average molecular weight is 205 g/mol. The predicted molar refractivity (Wildman–Crippen MR) is 48.0 cm³/mol. The van der Waals surface area contributed by atoms with E-state index in [2.05, 4.69) is 14.7 Å². The van der Waals surface area contributed by atoms with Crippen LogP contribution in [0.25, 0.3) is 0 Å². The van der Waals surface area contributed by atoms with E-state index in [1.165, 1.54) is 11.8 Å². The molecule has 2 N–H and O–H groups in total. The second-order valence-electron chi connectivity index (χ2n) is 1.75. The maximum atomic E-state index is 10.2. The van der Waals surface area contributed by atoms with Crippen LogP contribution in [-0.4, -0.2) is 26.3 Å². The summed E-state index contributed by atoms with van der Waals surface area (Å²) < 4.78 is 3.93. The summed E-state index contributed by atoms with van der Waals surface area (Å²) in [4.78, 5) is 14.1. The van der Waals surface area contributed by atoms with Crippen molar-refractivity contribution in [1.29, 1.82) is 0 Å². The number of hydrogen-bond donors (Lipinski definition) is 2. The number of hydrogen-bond acceptors (Lipinski definition) is 5. The van der Waals surface area contributed by atoms with E-state index in [0.717, 1.165) is 17.3 Å². The van der Waals surface area contributed by atoms with Crippen LogP contribution < -0.4 is 5.32 Å². The van der Waals surface area contributed by atoms with Gasteiger partial charge in [0.15, 0.2) is 0 Å². The van der Waals surface area contributed by atoms with E-state index in [-0.39, 0.29) is 0 Å². The Kier molecular flexibility index (Phi) is 3.30. The van der Waals surface area contributed by atoms with E-state index < -0.39 is 6.09 Å². The van der Waals surface area contributed by atoms with Crippen molar-refractivity contribution in [2.75, 3.05) is 11.1 Å². The number of anilines is 1. The summed E-state index contributed by atoms with van der Waals surface area (Å²) in [6.45, 7) is 1.98. The Morgan fingerprint density at radius 1 is 1.83 bits per heavy atom. The predicted octanol–water partition coefficient (Wildman–Crippen LogP) is 1.74. The highest BCUT2D eigenvalue weighted by Gasteiger charge is 2.05. The van der Waals surface area contributed by atoms with Crippen LogP contribution in [0.15, 0.2) is 5.16 Å². The van der Waals surface area contributed by atoms with Crippen LogP contribution in [0.2, 0.25) is 0 Å². The molecule has 0 aliphatic heterocycles. The first-order valence-corrected chi connectivity index (χ1v) is 4.94. The van der Waals surface area contributed by atoms with Gasteiger partial charge in [-0.15, -0.1) is 0 Å². The summed E-state index contributed by atoms with van der Waals surface area (Å²) in [6.07, 6.45) is -1.11. The Morgan fingerprint density at radius 3 is 3.17 bits per heavy atom. The molecule has 66 valence electrons. The first-order chi connectivity index (χ1) is 5.72. The molecule has 1 amide bonds. The second kappa shape index (κ2) is 4.27. The minimum absolute atomic E-state index is 0.318. The topological polar surface area (TPSA) is 75.1 Å². The van der Waals surface area contributed by atoms with E-state index >= 15 is 0 Å². The van der Waals surface area contributed by atoms with Gasteiger partial charge in [-0.05, 0) is 5.75 Å². The van der Waals surface area contributed by atoms with Gasteiger partial charge < -0.3 is 5.11 Å². The van der Waals surface area contributed by atoms with Gasteiger partial charge in [-0.3, -0.25) is 5.32 Å². The van der Waals surface area contributed by atoms with Crippen LogP contribution in [0.5, 0.6) is 0 Å². The Bertz CT molecular complexity index is 275. The standard InChI is InChI=1S/C5H7N3O2S2/c1-2-11-4-6-3(12-8-4)7-5(9)10/h2H2,1H3,(H,9,10)(H,6,7,8). The third-order valence-corrected chi connectivity index (χ3v) is 2.37. The minimum Gasteiger partial charge on any atom is -0.465 e. The zero-order valence-corrected chi connectivity index (χ0v) is 7.91. The highest BCUT2D eigenvalue weighted by atomic mass is 32.2. The molecule has 7 heteroatoms. The van der Waals surface area contributed by atoms with Gasteiger partial charge in [0.25, 0.3) is 0 Å². The minimum atomic E-state index is -1.11. The molecule has 0 saturated carbocycles. The summed E-state index contributed by atoms with van der Waals surface area (Å²) in [7, 11) is 0. The molecular weight excluding hydrogens is 198 g/mol. The maximum absolute atomic E-state index is 10.2. The summed E-state index contributed by atoms with van der Waals surface area (Å²) in [5.41, 5.74) is 0. The molecule has 0 aliphatic rings. The third kappa shape index (κ3) is 2.67. The van der Waals surface area contributed by atoms with Crippen molar-refractivity contribution in [3.8, 4) is 0 Å². The number of rotatable bonds is 3. The van der Waals surface area contributed by atoms with Gasteiger partial charge in [0.2, 0.25) is 10.3 Å². The van der Waals surface area contributed by atoms with Crippen LogP contribution >= 0.6 is 23.3 Å². The zero-order chi connectivity index (χ0) is 8.97. The summed E-state index contributed by atoms with van der Waals surface area (Å²) in [5.74, 6) is 0.878. The maximum Gasteiger partial charge on any atom is 0.411 e. The first-order valence-electron chi connectivity index (χ1n) is 3.19. The summed E-state index contributed by atoms with van der Waals surface area (Å²) in [5, 5.41) is 11.4. The summed E-state index contributed by atoms with van der Waals surface area (Å²) in [6, 6.07) is 0. The Labute approximate surface area is 77.4 Å². The van der Waals surface area contributed by atoms with Crippen molar-refractivity contribution in [3.63, 3.8) is 0 Å². The molecule has 1 aromatic heterocycles. The number of carboxylic acid groups (broad SMARTS) is 1. The van der Waals surface area contributed by atoms with Crippen molar-refractivity contribution < 1.29 is 9.90 Å². The molecule has 0 bridgehead atoms. The van der Waals surface area contributed by atoms with Gasteiger partial charge in [0.1, 0.15) is 0 Å². The molecular formula is C5H7N3O2S2. The lowest BCUT2D eigenvalue weighted by Crippen LogP contribution is -2.06. The first kappa shape index (κ1) is 9.27. The fourth-order valence-electron chi connectivity index (χ4n) is 0.540. The number of amides is 1. The quantitative estimate of drug-likeness (QED) is 0.735. The molecule has 0 radical (unpaired) electrons. The van der Waals surface area contributed by atoms with Gasteiger partial charge in [-0.2, -0.15) is 9.36 Å². The van der Waals surface area contributed by atoms with Gasteiger partial charge >= 0.3 is 6.09 Å². The van der Waals surface area contributed by atoms with Crippen molar-refractivity contribution in [2.45, 2.75) is 12.1 Å². The Balaban J connectivity index is 2.58. The molecule has 0 atom stereocenters. The summed E-state index contributed by atoms with van der Waals surface area (Å²) >= 11 is 2.52. The average Bonchev–Trinajstić information content (AvgIpc) is 2.36. The fraction of sp³-hybridized carbons (Fsp3) is 0.400. The highest BCUT2D eigenvalue weighted by molar-refractivity contribution is 7.99. The Hall–Kier alpha value is -0.820. The van der Waals surface area contributed by atoms with Crippen LogP contribution in [0.4, 0.5) is 9.93 Å². The number of aromatic nitrogens is 2. The number of carbonyl (C=O) groups is 1. The Morgan fingerprint density at radius 2 is 2.58 bits per heavy atom. The van der Waals surface area contributed by atoms with Crippen LogP contribution in [-0.2, 0) is 0 Å². The van der Waals surface area contributed by atoms with Crippen molar-refractivity contribution in [1.82, 2.24) is 9.36 Å². The molecule has 1 rings (SSSR count). The molecule has 0 fully saturated rings. The smallest absolute Gasteiger partial charge is 0.411 e. The van der Waals surface area contributed by atoms with E-state index in [1.807, 2.05) is 6.92 Å². The molecule has 5 nitrogen and oxygen atoms in total. The van der Waals surface area contributed by atoms with E-state index in [9.17, 15) is 4.79 Å². The van der Waals surface area contributed by atoms with Crippen molar-refractivity contribution in [2.24, 2.45) is 0 Å². The van der Waals surface area contributed by atoms with Gasteiger partial charge in [-0.25, -0.2) is 4.79 Å². The number of nitrogens with one attached hydrogen (secondary N) is 1. The molecule has 0 aliphatic carbocycles. The molecule has 0 aromatic carbocycles. The third-order valence-electron chi connectivity index (χ3n) is 0.895. The van der Waals surface area contributed by atoms with E-state index in [4.69, 9.17) is 5.11 Å². The van der Waals surface area contributed by atoms with Gasteiger partial charge in [-0.1, -0.05) is 18.7 Å². The van der Waals surface area contributed by atoms with Crippen molar-refractivity contribution >= 4 is 34.5 Å².